The third-order valence-electron chi connectivity index (χ3n) is 3.03. The maximum Gasteiger partial charge on any atom is 0.252 e. The average Bonchev–Trinajstić information content (AvgIpc) is 3.12. The molecule has 0 aliphatic heterocycles. The zero-order valence-corrected chi connectivity index (χ0v) is 12.5. The maximum atomic E-state index is 12.2. The molecular formula is C13H14N6OS. The van der Waals surface area contributed by atoms with Gasteiger partial charge in [0.25, 0.3) is 5.91 Å². The number of nitrogens with zero attached hydrogens (tertiary/aromatic N) is 5. The topological polar surface area (TPSA) is 85.6 Å². The molecule has 3 rings (SSSR count). The van der Waals surface area contributed by atoms with Crippen LogP contribution in [0.15, 0.2) is 24.3 Å². The zero-order valence-electron chi connectivity index (χ0n) is 11.6. The van der Waals surface area contributed by atoms with Gasteiger partial charge < -0.3 is 0 Å². The number of hydrogen-bond donors (Lipinski definition) is 1. The molecule has 1 N–H and O–H groups in total. The summed E-state index contributed by atoms with van der Waals surface area (Å²) in [5.74, 6) is -0.214. The van der Waals surface area contributed by atoms with Gasteiger partial charge in [-0.05, 0) is 25.5 Å². The lowest BCUT2D eigenvalue weighted by Crippen LogP contribution is -2.25. The molecule has 2 heterocycles. The van der Waals surface area contributed by atoms with E-state index < -0.39 is 6.04 Å². The van der Waals surface area contributed by atoms with E-state index in [1.807, 2.05) is 31.2 Å². The highest BCUT2D eigenvalue weighted by Crippen LogP contribution is 2.17. The Hall–Kier alpha value is -2.35. The Kier molecular flexibility index (Phi) is 3.61. The molecule has 108 valence electrons. The SMILES string of the molecule is CCc1nnc(NC(=O)[C@H](C)n2nc3ccccc3n2)s1. The monoisotopic (exact) mass is 302 g/mol. The number of aromatic nitrogens is 5. The average molecular weight is 302 g/mol. The molecule has 0 bridgehead atoms. The molecule has 21 heavy (non-hydrogen) atoms. The minimum atomic E-state index is -0.522. The van der Waals surface area contributed by atoms with Gasteiger partial charge >= 0.3 is 0 Å². The number of nitrogens with one attached hydrogen (secondary N) is 1. The number of aryl methyl sites for hydroxylation is 1. The second kappa shape index (κ2) is 5.57. The predicted octanol–water partition coefficient (Wildman–Crippen LogP) is 2.04. The molecule has 0 aliphatic carbocycles. The molecule has 8 heteroatoms. The van der Waals surface area contributed by atoms with Crippen molar-refractivity contribution < 1.29 is 4.79 Å². The fourth-order valence-corrected chi connectivity index (χ4v) is 2.49. The first-order valence-corrected chi connectivity index (χ1v) is 7.44. The summed E-state index contributed by atoms with van der Waals surface area (Å²) in [6.07, 6.45) is 0.801. The smallest absolute Gasteiger partial charge is 0.252 e. The van der Waals surface area contributed by atoms with Crippen molar-refractivity contribution in [1.29, 1.82) is 0 Å². The van der Waals surface area contributed by atoms with Crippen molar-refractivity contribution in [2.75, 3.05) is 5.32 Å². The number of anilines is 1. The van der Waals surface area contributed by atoms with Crippen LogP contribution in [0.2, 0.25) is 0 Å². The normalized spacial score (nSPS) is 12.5. The molecule has 0 saturated carbocycles. The van der Waals surface area contributed by atoms with Crippen LogP contribution in [0.5, 0.6) is 0 Å². The van der Waals surface area contributed by atoms with Crippen molar-refractivity contribution in [3.8, 4) is 0 Å². The Labute approximate surface area is 125 Å². The molecule has 0 aliphatic rings. The molecule has 3 aromatic rings. The maximum absolute atomic E-state index is 12.2. The van der Waals surface area contributed by atoms with Crippen LogP contribution in [0, 0.1) is 0 Å². The predicted molar refractivity (Wildman–Crippen MR) is 80.2 cm³/mol. The number of amides is 1. The number of hydrogen-bond acceptors (Lipinski definition) is 6. The largest absolute Gasteiger partial charge is 0.299 e. The molecular weight excluding hydrogens is 288 g/mol. The highest BCUT2D eigenvalue weighted by Gasteiger charge is 2.19. The van der Waals surface area contributed by atoms with Gasteiger partial charge in [0.05, 0.1) is 0 Å². The van der Waals surface area contributed by atoms with E-state index in [2.05, 4.69) is 25.7 Å². The molecule has 0 fully saturated rings. The highest BCUT2D eigenvalue weighted by molar-refractivity contribution is 7.15. The van der Waals surface area contributed by atoms with E-state index in [1.54, 1.807) is 6.92 Å². The molecule has 1 atom stereocenters. The van der Waals surface area contributed by atoms with Gasteiger partial charge in [0.15, 0.2) is 0 Å². The summed E-state index contributed by atoms with van der Waals surface area (Å²) in [5, 5.41) is 20.7. The Morgan fingerprint density at radius 3 is 2.52 bits per heavy atom. The number of rotatable bonds is 4. The van der Waals surface area contributed by atoms with Crippen molar-refractivity contribution in [1.82, 2.24) is 25.2 Å². The van der Waals surface area contributed by atoms with Gasteiger partial charge in [0.1, 0.15) is 22.1 Å². The van der Waals surface area contributed by atoms with Gasteiger partial charge in [-0.3, -0.25) is 10.1 Å². The van der Waals surface area contributed by atoms with Crippen LogP contribution in [0.1, 0.15) is 24.9 Å². The number of fused-ring (bicyclic) bond motifs is 1. The van der Waals surface area contributed by atoms with Gasteiger partial charge in [0.2, 0.25) is 5.13 Å². The molecule has 7 nitrogen and oxygen atoms in total. The number of carbonyl (C=O) groups excluding carboxylic acids is 1. The lowest BCUT2D eigenvalue weighted by Gasteiger charge is -2.08. The molecule has 0 unspecified atom stereocenters. The van der Waals surface area contributed by atoms with E-state index in [9.17, 15) is 4.79 Å². The van der Waals surface area contributed by atoms with Gasteiger partial charge in [-0.25, -0.2) is 0 Å². The minimum Gasteiger partial charge on any atom is -0.299 e. The molecule has 1 aromatic carbocycles. The Bertz CT molecular complexity index is 747. The first-order chi connectivity index (χ1) is 10.2. The second-order valence-corrected chi connectivity index (χ2v) is 5.59. The summed E-state index contributed by atoms with van der Waals surface area (Å²) in [6.45, 7) is 3.74. The molecule has 2 aromatic heterocycles. The van der Waals surface area contributed by atoms with Crippen LogP contribution in [0.25, 0.3) is 11.0 Å². The number of benzene rings is 1. The van der Waals surface area contributed by atoms with Crippen LogP contribution in [0.3, 0.4) is 0 Å². The van der Waals surface area contributed by atoms with Crippen LogP contribution in [-0.2, 0) is 11.2 Å². The molecule has 0 saturated heterocycles. The standard InChI is InChI=1S/C13H14N6OS/c1-3-11-15-16-13(21-11)14-12(20)8(2)19-17-9-6-4-5-7-10(9)18-19/h4-8H,3H2,1-2H3,(H,14,16,20)/t8-/m0/s1. The lowest BCUT2D eigenvalue weighted by molar-refractivity contribution is -0.119. The first kappa shape index (κ1) is 13.6. The van der Waals surface area contributed by atoms with Crippen molar-refractivity contribution >= 4 is 33.4 Å². The van der Waals surface area contributed by atoms with Gasteiger partial charge in [-0.1, -0.05) is 30.4 Å². The minimum absolute atomic E-state index is 0.214. The summed E-state index contributed by atoms with van der Waals surface area (Å²) >= 11 is 1.37. The quantitative estimate of drug-likeness (QED) is 0.797. The van der Waals surface area contributed by atoms with Gasteiger partial charge in [-0.2, -0.15) is 15.0 Å². The first-order valence-electron chi connectivity index (χ1n) is 6.62. The molecule has 0 radical (unpaired) electrons. The molecule has 0 spiro atoms. The van der Waals surface area contributed by atoms with E-state index in [0.29, 0.717) is 5.13 Å². The Morgan fingerprint density at radius 2 is 1.95 bits per heavy atom. The highest BCUT2D eigenvalue weighted by atomic mass is 32.1. The van der Waals surface area contributed by atoms with Crippen LogP contribution < -0.4 is 5.32 Å². The van der Waals surface area contributed by atoms with Crippen LogP contribution >= 0.6 is 11.3 Å². The van der Waals surface area contributed by atoms with Crippen LogP contribution in [-0.4, -0.2) is 31.1 Å². The van der Waals surface area contributed by atoms with Crippen molar-refractivity contribution in [3.05, 3.63) is 29.3 Å². The summed E-state index contributed by atoms with van der Waals surface area (Å²) in [5.41, 5.74) is 1.53. The van der Waals surface area contributed by atoms with E-state index >= 15 is 0 Å². The Morgan fingerprint density at radius 1 is 1.29 bits per heavy atom. The summed E-state index contributed by atoms with van der Waals surface area (Å²) in [7, 11) is 0. The lowest BCUT2D eigenvalue weighted by atomic mass is 10.3. The zero-order chi connectivity index (χ0) is 14.8. The second-order valence-electron chi connectivity index (χ2n) is 4.53. The number of carbonyl (C=O) groups is 1. The van der Waals surface area contributed by atoms with E-state index in [1.165, 1.54) is 16.1 Å². The third-order valence-corrected chi connectivity index (χ3v) is 4.01. The van der Waals surface area contributed by atoms with Crippen molar-refractivity contribution in [3.63, 3.8) is 0 Å². The van der Waals surface area contributed by atoms with E-state index in [0.717, 1.165) is 22.5 Å². The fraction of sp³-hybridized carbons (Fsp3) is 0.308. The third kappa shape index (κ3) is 2.75. The van der Waals surface area contributed by atoms with Gasteiger partial charge in [0, 0.05) is 0 Å². The fourth-order valence-electron chi connectivity index (χ4n) is 1.81. The Balaban J connectivity index is 1.77. The summed E-state index contributed by atoms with van der Waals surface area (Å²) in [4.78, 5) is 13.6. The van der Waals surface area contributed by atoms with Crippen molar-refractivity contribution in [2.24, 2.45) is 0 Å². The van der Waals surface area contributed by atoms with Crippen molar-refractivity contribution in [2.45, 2.75) is 26.3 Å². The van der Waals surface area contributed by atoms with E-state index in [4.69, 9.17) is 0 Å². The summed E-state index contributed by atoms with van der Waals surface area (Å²) in [6, 6.07) is 6.98. The summed E-state index contributed by atoms with van der Waals surface area (Å²) < 4.78 is 0. The molecule has 1 amide bonds. The van der Waals surface area contributed by atoms with Crippen LogP contribution in [0.4, 0.5) is 5.13 Å². The van der Waals surface area contributed by atoms with E-state index in [-0.39, 0.29) is 5.91 Å². The van der Waals surface area contributed by atoms with Gasteiger partial charge in [-0.15, -0.1) is 10.2 Å².